The molecule has 0 saturated carbocycles. The number of benzene rings is 2. The lowest BCUT2D eigenvalue weighted by atomic mass is 10.1. The molecule has 0 N–H and O–H groups in total. The molecule has 0 radical (unpaired) electrons. The average Bonchev–Trinajstić information content (AvgIpc) is 2.96. The Morgan fingerprint density at radius 3 is 2.04 bits per heavy atom. The largest absolute Gasteiger partial charge is 0.359 e. The Balaban J connectivity index is 1.88. The minimum Gasteiger partial charge on any atom is -0.359 e. The maximum absolute atomic E-state index is 12.7. The lowest BCUT2D eigenvalue weighted by Crippen LogP contribution is -2.29. The van der Waals surface area contributed by atoms with Gasteiger partial charge in [-0.1, -0.05) is 48.5 Å². The molecule has 0 bridgehead atoms. The number of hydrogen-bond acceptors (Lipinski definition) is 3. The summed E-state index contributed by atoms with van der Waals surface area (Å²) in [6, 6.07) is 18.2. The number of allylic oxidation sites excluding steroid dienone is 1. The molecule has 0 atom stereocenters. The van der Waals surface area contributed by atoms with Gasteiger partial charge in [-0.05, 0) is 12.1 Å². The highest BCUT2D eigenvalue weighted by molar-refractivity contribution is 6.05. The first kappa shape index (κ1) is 15.0. The van der Waals surface area contributed by atoms with Crippen molar-refractivity contribution in [3.8, 4) is 0 Å². The van der Waals surface area contributed by atoms with Crippen LogP contribution >= 0.6 is 0 Å². The van der Waals surface area contributed by atoms with Crippen LogP contribution in [0.4, 0.5) is 0 Å². The van der Waals surface area contributed by atoms with Crippen molar-refractivity contribution in [3.05, 3.63) is 83.7 Å². The van der Waals surface area contributed by atoms with Gasteiger partial charge in [-0.2, -0.15) is 0 Å². The van der Waals surface area contributed by atoms with Crippen LogP contribution in [0.3, 0.4) is 0 Å². The van der Waals surface area contributed by atoms with Gasteiger partial charge in [-0.3, -0.25) is 14.5 Å². The summed E-state index contributed by atoms with van der Waals surface area (Å²) in [5.74, 6) is 0.468. The number of rotatable bonds is 3. The van der Waals surface area contributed by atoms with Gasteiger partial charge in [0.1, 0.15) is 5.82 Å². The van der Waals surface area contributed by atoms with Crippen LogP contribution in [0.2, 0.25) is 0 Å². The number of carbonyl (C=O) groups is 2. The standard InChI is InChI=1S/C19H18N2O2/c1-20-12-13-21(19(23)16-10-6-3-7-11-16)18(20)14-17(22)15-8-4-2-5-9-15/h2-11,14H,12-13H2,1H3/b18-14-. The van der Waals surface area contributed by atoms with Gasteiger partial charge < -0.3 is 4.90 Å². The fourth-order valence-corrected chi connectivity index (χ4v) is 2.62. The van der Waals surface area contributed by atoms with E-state index in [0.29, 0.717) is 30.0 Å². The first-order valence-corrected chi connectivity index (χ1v) is 7.56. The summed E-state index contributed by atoms with van der Waals surface area (Å²) in [5.41, 5.74) is 1.24. The van der Waals surface area contributed by atoms with E-state index in [2.05, 4.69) is 0 Å². The quantitative estimate of drug-likeness (QED) is 0.647. The van der Waals surface area contributed by atoms with Gasteiger partial charge in [0.25, 0.3) is 5.91 Å². The summed E-state index contributed by atoms with van der Waals surface area (Å²) < 4.78 is 0. The number of hydrogen-bond donors (Lipinski definition) is 0. The lowest BCUT2D eigenvalue weighted by molar-refractivity contribution is 0.0819. The minimum absolute atomic E-state index is 0.0814. The van der Waals surface area contributed by atoms with E-state index in [1.165, 1.54) is 0 Å². The third kappa shape index (κ3) is 3.16. The summed E-state index contributed by atoms with van der Waals surface area (Å²) in [7, 11) is 1.89. The SMILES string of the molecule is CN1CCN(C(=O)c2ccccc2)/C1=C\C(=O)c1ccccc1. The minimum atomic E-state index is -0.0970. The van der Waals surface area contributed by atoms with E-state index in [-0.39, 0.29) is 11.7 Å². The molecular weight excluding hydrogens is 288 g/mol. The Morgan fingerprint density at radius 1 is 0.870 bits per heavy atom. The van der Waals surface area contributed by atoms with E-state index >= 15 is 0 Å². The normalized spacial score (nSPS) is 16.0. The molecule has 116 valence electrons. The summed E-state index contributed by atoms with van der Waals surface area (Å²) in [5, 5.41) is 0. The zero-order valence-corrected chi connectivity index (χ0v) is 13.0. The van der Waals surface area contributed by atoms with Crippen molar-refractivity contribution in [1.29, 1.82) is 0 Å². The van der Waals surface area contributed by atoms with E-state index < -0.39 is 0 Å². The predicted molar refractivity (Wildman–Crippen MR) is 89.0 cm³/mol. The van der Waals surface area contributed by atoms with Crippen molar-refractivity contribution in [2.24, 2.45) is 0 Å². The van der Waals surface area contributed by atoms with E-state index in [1.54, 1.807) is 35.2 Å². The van der Waals surface area contributed by atoms with Crippen molar-refractivity contribution in [3.63, 3.8) is 0 Å². The van der Waals surface area contributed by atoms with E-state index in [1.807, 2.05) is 48.3 Å². The van der Waals surface area contributed by atoms with Crippen LogP contribution in [-0.4, -0.2) is 41.6 Å². The molecule has 1 saturated heterocycles. The molecule has 1 amide bonds. The molecule has 1 heterocycles. The average molecular weight is 306 g/mol. The van der Waals surface area contributed by atoms with Crippen LogP contribution < -0.4 is 0 Å². The third-order valence-electron chi connectivity index (χ3n) is 3.91. The molecule has 0 aromatic heterocycles. The summed E-state index contributed by atoms with van der Waals surface area (Å²) in [6.07, 6.45) is 1.54. The fraction of sp³-hybridized carbons (Fsp3) is 0.158. The Kier molecular flexibility index (Phi) is 4.24. The molecule has 2 aromatic rings. The van der Waals surface area contributed by atoms with Crippen LogP contribution in [0.1, 0.15) is 20.7 Å². The Labute approximate surface area is 135 Å². The lowest BCUT2D eigenvalue weighted by Gasteiger charge is -2.20. The van der Waals surface area contributed by atoms with Crippen LogP contribution in [0, 0.1) is 0 Å². The Morgan fingerprint density at radius 2 is 1.43 bits per heavy atom. The summed E-state index contributed by atoms with van der Waals surface area (Å²) in [6.45, 7) is 1.30. The fourth-order valence-electron chi connectivity index (χ4n) is 2.62. The second kappa shape index (κ2) is 6.48. The predicted octanol–water partition coefficient (Wildman–Crippen LogP) is 2.80. The van der Waals surface area contributed by atoms with Crippen LogP contribution in [-0.2, 0) is 0 Å². The maximum Gasteiger partial charge on any atom is 0.259 e. The van der Waals surface area contributed by atoms with Gasteiger partial charge >= 0.3 is 0 Å². The highest BCUT2D eigenvalue weighted by atomic mass is 16.2. The first-order valence-electron chi connectivity index (χ1n) is 7.56. The topological polar surface area (TPSA) is 40.6 Å². The molecule has 4 heteroatoms. The molecule has 0 spiro atoms. The van der Waals surface area contributed by atoms with Gasteiger partial charge in [0.15, 0.2) is 5.78 Å². The molecule has 1 fully saturated rings. The molecule has 23 heavy (non-hydrogen) atoms. The van der Waals surface area contributed by atoms with Gasteiger partial charge in [-0.25, -0.2) is 0 Å². The first-order chi connectivity index (χ1) is 11.2. The second-order valence-electron chi connectivity index (χ2n) is 5.48. The van der Waals surface area contributed by atoms with Gasteiger partial charge in [0.05, 0.1) is 0 Å². The molecule has 1 aliphatic heterocycles. The zero-order chi connectivity index (χ0) is 16.2. The van der Waals surface area contributed by atoms with Gasteiger partial charge in [-0.15, -0.1) is 0 Å². The molecule has 0 unspecified atom stereocenters. The van der Waals surface area contributed by atoms with Crippen molar-refractivity contribution >= 4 is 11.7 Å². The second-order valence-corrected chi connectivity index (χ2v) is 5.48. The number of nitrogens with zero attached hydrogens (tertiary/aromatic N) is 2. The van der Waals surface area contributed by atoms with Crippen molar-refractivity contribution in [2.45, 2.75) is 0 Å². The Hall–Kier alpha value is -2.88. The Bertz CT molecular complexity index is 738. The van der Waals surface area contributed by atoms with Crippen LogP contribution in [0.5, 0.6) is 0 Å². The zero-order valence-electron chi connectivity index (χ0n) is 13.0. The maximum atomic E-state index is 12.7. The van der Waals surface area contributed by atoms with Crippen LogP contribution in [0.25, 0.3) is 0 Å². The molecule has 0 aliphatic carbocycles. The number of amides is 1. The van der Waals surface area contributed by atoms with E-state index in [0.717, 1.165) is 0 Å². The summed E-state index contributed by atoms with van der Waals surface area (Å²) >= 11 is 0. The highest BCUT2D eigenvalue weighted by Crippen LogP contribution is 2.20. The smallest absolute Gasteiger partial charge is 0.259 e. The van der Waals surface area contributed by atoms with Crippen molar-refractivity contribution in [2.75, 3.05) is 20.1 Å². The van der Waals surface area contributed by atoms with Crippen molar-refractivity contribution in [1.82, 2.24) is 9.80 Å². The van der Waals surface area contributed by atoms with E-state index in [4.69, 9.17) is 0 Å². The molecule has 2 aromatic carbocycles. The summed E-state index contributed by atoms with van der Waals surface area (Å²) in [4.78, 5) is 28.7. The van der Waals surface area contributed by atoms with E-state index in [9.17, 15) is 9.59 Å². The highest BCUT2D eigenvalue weighted by Gasteiger charge is 2.28. The molecule has 4 nitrogen and oxygen atoms in total. The monoisotopic (exact) mass is 306 g/mol. The van der Waals surface area contributed by atoms with Crippen LogP contribution in [0.15, 0.2) is 72.6 Å². The molecule has 3 rings (SSSR count). The van der Waals surface area contributed by atoms with Crippen molar-refractivity contribution < 1.29 is 9.59 Å². The van der Waals surface area contributed by atoms with Gasteiger partial charge in [0.2, 0.25) is 0 Å². The molecule has 1 aliphatic rings. The number of likely N-dealkylation sites (N-methyl/N-ethyl adjacent to an activating group) is 1. The molecular formula is C19H18N2O2. The third-order valence-corrected chi connectivity index (χ3v) is 3.91. The number of ketones is 1. The van der Waals surface area contributed by atoms with Gasteiger partial charge in [0, 0.05) is 37.3 Å². The number of carbonyl (C=O) groups excluding carboxylic acids is 2.